The summed E-state index contributed by atoms with van der Waals surface area (Å²) >= 11 is 0. The van der Waals surface area contributed by atoms with E-state index in [1.165, 1.54) is 0 Å². The Kier molecular flexibility index (Phi) is 9.57. The van der Waals surface area contributed by atoms with E-state index >= 15 is 0 Å². The highest BCUT2D eigenvalue weighted by Gasteiger charge is 2.13. The average Bonchev–Trinajstić information content (AvgIpc) is 2.83. The second kappa shape index (κ2) is 12.9. The number of ketones is 1. The molecule has 2 aromatic rings. The first-order valence-electron chi connectivity index (χ1n) is 11.6. The molecule has 2 N–H and O–H groups in total. The fourth-order valence-corrected chi connectivity index (χ4v) is 3.60. The van der Waals surface area contributed by atoms with Crippen LogP contribution in [0.4, 0.5) is 11.4 Å². The third-order valence-electron chi connectivity index (χ3n) is 5.53. The molecule has 0 bridgehead atoms. The lowest BCUT2D eigenvalue weighted by molar-refractivity contribution is -0.116. The predicted molar refractivity (Wildman–Crippen MR) is 128 cm³/mol. The van der Waals surface area contributed by atoms with Gasteiger partial charge in [0.15, 0.2) is 5.78 Å². The number of ether oxygens (including phenoxy) is 2. The summed E-state index contributed by atoms with van der Waals surface area (Å²) < 4.78 is 11.1. The summed E-state index contributed by atoms with van der Waals surface area (Å²) in [6, 6.07) is 15.3. The Hall–Kier alpha value is -2.86. The fourth-order valence-electron chi connectivity index (χ4n) is 3.60. The molecule has 2 aromatic carbocycles. The van der Waals surface area contributed by atoms with Gasteiger partial charge in [0, 0.05) is 49.0 Å². The number of carbonyl (C=O) groups is 2. The molecule has 6 heteroatoms. The highest BCUT2D eigenvalue weighted by atomic mass is 16.5. The molecule has 1 heterocycles. The third-order valence-corrected chi connectivity index (χ3v) is 5.53. The number of nitrogens with one attached hydrogen (secondary N) is 2. The number of unbranched alkanes of at least 4 members (excludes halogenated alkanes) is 2. The van der Waals surface area contributed by atoms with E-state index in [-0.39, 0.29) is 24.5 Å². The lowest BCUT2D eigenvalue weighted by Gasteiger charge is -2.24. The Labute approximate surface area is 190 Å². The SMILES string of the molecule is CCCCCOc1ccc(C(=O)CCC(=O)Nc2ccc(NC3CCOCC3)cc2)cc1. The van der Waals surface area contributed by atoms with Crippen molar-refractivity contribution in [2.24, 2.45) is 0 Å². The number of carbonyl (C=O) groups excluding carboxylic acids is 2. The van der Waals surface area contributed by atoms with Crippen molar-refractivity contribution in [3.05, 3.63) is 54.1 Å². The summed E-state index contributed by atoms with van der Waals surface area (Å²) in [5.41, 5.74) is 2.36. The van der Waals surface area contributed by atoms with Gasteiger partial charge in [-0.3, -0.25) is 9.59 Å². The first-order valence-corrected chi connectivity index (χ1v) is 11.6. The van der Waals surface area contributed by atoms with E-state index in [2.05, 4.69) is 17.6 Å². The molecule has 0 radical (unpaired) electrons. The number of benzene rings is 2. The summed E-state index contributed by atoms with van der Waals surface area (Å²) in [4.78, 5) is 24.7. The van der Waals surface area contributed by atoms with Crippen molar-refractivity contribution in [2.45, 2.75) is 57.9 Å². The Morgan fingerprint density at radius 1 is 0.938 bits per heavy atom. The van der Waals surface area contributed by atoms with Crippen LogP contribution in [0.25, 0.3) is 0 Å². The molecule has 0 aromatic heterocycles. The Balaban J connectivity index is 1.38. The van der Waals surface area contributed by atoms with Crippen LogP contribution in [0.5, 0.6) is 5.75 Å². The maximum Gasteiger partial charge on any atom is 0.224 e. The number of Topliss-reactive ketones (excluding diaryl/α,β-unsaturated/α-hetero) is 1. The highest BCUT2D eigenvalue weighted by molar-refractivity contribution is 6.00. The number of hydrogen-bond donors (Lipinski definition) is 2. The van der Waals surface area contributed by atoms with Crippen molar-refractivity contribution in [3.8, 4) is 5.75 Å². The summed E-state index contributed by atoms with van der Waals surface area (Å²) in [7, 11) is 0. The first-order chi connectivity index (χ1) is 15.6. The van der Waals surface area contributed by atoms with Crippen LogP contribution in [0.2, 0.25) is 0 Å². The van der Waals surface area contributed by atoms with Crippen molar-refractivity contribution >= 4 is 23.1 Å². The molecular weight excluding hydrogens is 404 g/mol. The van der Waals surface area contributed by atoms with Gasteiger partial charge in [-0.25, -0.2) is 0 Å². The summed E-state index contributed by atoms with van der Waals surface area (Å²) in [5.74, 6) is 0.554. The second-order valence-corrected chi connectivity index (χ2v) is 8.16. The van der Waals surface area contributed by atoms with Gasteiger partial charge in [-0.2, -0.15) is 0 Å². The van der Waals surface area contributed by atoms with E-state index < -0.39 is 0 Å². The van der Waals surface area contributed by atoms with E-state index in [0.29, 0.717) is 18.2 Å². The average molecular weight is 439 g/mol. The molecular formula is C26H34N2O4. The van der Waals surface area contributed by atoms with Crippen molar-refractivity contribution in [1.82, 2.24) is 0 Å². The van der Waals surface area contributed by atoms with Gasteiger partial charge in [0.1, 0.15) is 5.75 Å². The van der Waals surface area contributed by atoms with Crippen LogP contribution >= 0.6 is 0 Å². The largest absolute Gasteiger partial charge is 0.494 e. The number of hydrogen-bond acceptors (Lipinski definition) is 5. The van der Waals surface area contributed by atoms with Crippen LogP contribution in [0.15, 0.2) is 48.5 Å². The minimum absolute atomic E-state index is 0.0475. The molecule has 0 spiro atoms. The Bertz CT molecular complexity index is 843. The molecule has 6 nitrogen and oxygen atoms in total. The zero-order valence-corrected chi connectivity index (χ0v) is 18.9. The Morgan fingerprint density at radius 2 is 1.62 bits per heavy atom. The molecule has 0 saturated carbocycles. The molecule has 1 aliphatic rings. The second-order valence-electron chi connectivity index (χ2n) is 8.16. The zero-order chi connectivity index (χ0) is 22.6. The monoisotopic (exact) mass is 438 g/mol. The van der Waals surface area contributed by atoms with Gasteiger partial charge in [-0.1, -0.05) is 19.8 Å². The topological polar surface area (TPSA) is 76.7 Å². The van der Waals surface area contributed by atoms with Gasteiger partial charge < -0.3 is 20.1 Å². The summed E-state index contributed by atoms with van der Waals surface area (Å²) in [6.45, 7) is 4.43. The lowest BCUT2D eigenvalue weighted by Crippen LogP contribution is -2.27. The van der Waals surface area contributed by atoms with Gasteiger partial charge in [0.05, 0.1) is 6.61 Å². The molecule has 1 amide bonds. The number of anilines is 2. The van der Waals surface area contributed by atoms with Crippen LogP contribution in [0.1, 0.15) is 62.2 Å². The standard InChI is InChI=1S/C26H34N2O4/c1-2-3-4-17-32-24-11-5-20(6-12-24)25(29)13-14-26(30)28-22-9-7-21(8-10-22)27-23-15-18-31-19-16-23/h5-12,23,27H,2-4,13-19H2,1H3,(H,28,30). The van der Waals surface area contributed by atoms with E-state index in [9.17, 15) is 9.59 Å². The van der Waals surface area contributed by atoms with Gasteiger partial charge >= 0.3 is 0 Å². The smallest absolute Gasteiger partial charge is 0.224 e. The van der Waals surface area contributed by atoms with Crippen LogP contribution in [-0.2, 0) is 9.53 Å². The van der Waals surface area contributed by atoms with Gasteiger partial charge in [-0.05, 0) is 67.8 Å². The number of amides is 1. The molecule has 0 aliphatic carbocycles. The summed E-state index contributed by atoms with van der Waals surface area (Å²) in [5, 5.41) is 6.36. The van der Waals surface area contributed by atoms with Crippen LogP contribution < -0.4 is 15.4 Å². The van der Waals surface area contributed by atoms with Crippen molar-refractivity contribution in [1.29, 1.82) is 0 Å². The van der Waals surface area contributed by atoms with E-state index in [1.807, 2.05) is 36.4 Å². The maximum atomic E-state index is 12.4. The predicted octanol–water partition coefficient (Wildman–Crippen LogP) is 5.45. The van der Waals surface area contributed by atoms with Crippen LogP contribution in [0, 0.1) is 0 Å². The molecule has 172 valence electrons. The van der Waals surface area contributed by atoms with Gasteiger partial charge in [-0.15, -0.1) is 0 Å². The van der Waals surface area contributed by atoms with Gasteiger partial charge in [0.2, 0.25) is 5.91 Å². The van der Waals surface area contributed by atoms with Crippen LogP contribution in [0.3, 0.4) is 0 Å². The van der Waals surface area contributed by atoms with E-state index in [1.54, 1.807) is 12.1 Å². The molecule has 32 heavy (non-hydrogen) atoms. The molecule has 1 saturated heterocycles. The molecule has 1 aliphatic heterocycles. The van der Waals surface area contributed by atoms with Gasteiger partial charge in [0.25, 0.3) is 0 Å². The summed E-state index contributed by atoms with van der Waals surface area (Å²) in [6.07, 6.45) is 5.66. The molecule has 3 rings (SSSR count). The molecule has 1 fully saturated rings. The molecule has 0 unspecified atom stereocenters. The normalized spacial score (nSPS) is 14.0. The highest BCUT2D eigenvalue weighted by Crippen LogP contribution is 2.19. The van der Waals surface area contributed by atoms with E-state index in [0.717, 1.165) is 62.4 Å². The number of rotatable bonds is 12. The van der Waals surface area contributed by atoms with Crippen molar-refractivity contribution in [2.75, 3.05) is 30.5 Å². The first kappa shape index (κ1) is 23.8. The maximum absolute atomic E-state index is 12.4. The fraction of sp³-hybridized carbons (Fsp3) is 0.462. The minimum atomic E-state index is -0.167. The quantitative estimate of drug-likeness (QED) is 0.340. The minimum Gasteiger partial charge on any atom is -0.494 e. The van der Waals surface area contributed by atoms with E-state index in [4.69, 9.17) is 9.47 Å². The molecule has 0 atom stereocenters. The Morgan fingerprint density at radius 3 is 2.31 bits per heavy atom. The zero-order valence-electron chi connectivity index (χ0n) is 18.9. The van der Waals surface area contributed by atoms with Crippen molar-refractivity contribution in [3.63, 3.8) is 0 Å². The third kappa shape index (κ3) is 8.00. The van der Waals surface area contributed by atoms with Crippen LogP contribution in [-0.4, -0.2) is 37.6 Å². The lowest BCUT2D eigenvalue weighted by atomic mass is 10.1. The van der Waals surface area contributed by atoms with Crippen molar-refractivity contribution < 1.29 is 19.1 Å².